The van der Waals surface area contributed by atoms with E-state index in [1.165, 1.54) is 11.1 Å². The molecule has 0 amide bonds. The highest BCUT2D eigenvalue weighted by molar-refractivity contribution is 7.79. The van der Waals surface area contributed by atoms with Crippen LogP contribution in [0.25, 0.3) is 0 Å². The summed E-state index contributed by atoms with van der Waals surface area (Å²) in [5.74, 6) is 1.56. The number of thiazole rings is 1. The Hall–Kier alpha value is -1.04. The largest absolute Gasteiger partial charge is 0.486 e. The van der Waals surface area contributed by atoms with Crippen molar-refractivity contribution in [3.63, 3.8) is 0 Å². The van der Waals surface area contributed by atoms with Crippen molar-refractivity contribution in [3.05, 3.63) is 44.9 Å². The van der Waals surface area contributed by atoms with Crippen LogP contribution in [0.1, 0.15) is 26.7 Å². The quantitative estimate of drug-likeness (QED) is 0.821. The Morgan fingerprint density at radius 2 is 2.00 bits per heavy atom. The zero-order valence-electron chi connectivity index (χ0n) is 12.0. The Morgan fingerprint density at radius 1 is 1.20 bits per heavy atom. The molecule has 0 aliphatic carbocycles. The van der Waals surface area contributed by atoms with Gasteiger partial charge in [0.15, 0.2) is 0 Å². The van der Waals surface area contributed by atoms with E-state index < -0.39 is 0 Å². The average Bonchev–Trinajstić information content (AvgIpc) is 2.83. The first-order valence-corrected chi connectivity index (χ1v) is 7.86. The minimum absolute atomic E-state index is 0.484. The molecule has 3 nitrogen and oxygen atoms in total. The number of methoxy groups -OCH3 is 1. The normalized spacial score (nSPS) is 10.8. The van der Waals surface area contributed by atoms with Crippen molar-refractivity contribution in [3.8, 4) is 5.75 Å². The maximum absolute atomic E-state index is 5.80. The van der Waals surface area contributed by atoms with E-state index in [9.17, 15) is 0 Å². The number of hydrogen-bond acceptors (Lipinski definition) is 5. The minimum atomic E-state index is 0.484. The molecule has 1 aromatic heterocycles. The van der Waals surface area contributed by atoms with E-state index in [2.05, 4.69) is 43.6 Å². The molecule has 5 heteroatoms. The molecule has 20 heavy (non-hydrogen) atoms. The summed E-state index contributed by atoms with van der Waals surface area (Å²) in [5.41, 5.74) is 3.47. The van der Waals surface area contributed by atoms with Gasteiger partial charge in [-0.1, -0.05) is 6.07 Å². The summed E-state index contributed by atoms with van der Waals surface area (Å²) >= 11 is 5.96. The van der Waals surface area contributed by atoms with E-state index in [4.69, 9.17) is 9.47 Å². The number of rotatable bonds is 6. The molecule has 0 bridgehead atoms. The maximum atomic E-state index is 5.80. The first-order valence-electron chi connectivity index (χ1n) is 6.41. The van der Waals surface area contributed by atoms with Crippen LogP contribution < -0.4 is 4.74 Å². The number of thiol groups is 1. The van der Waals surface area contributed by atoms with E-state index in [0.717, 1.165) is 21.3 Å². The standard InChI is InChI=1S/C15H19NO2S2/c1-10-4-5-12(6-11(10)2)18-8-15-16-13(7-17-3)14(9-19)20-15/h4-6,19H,7-9H2,1-3H3. The third kappa shape index (κ3) is 3.75. The van der Waals surface area contributed by atoms with Crippen LogP contribution >= 0.6 is 24.0 Å². The predicted octanol–water partition coefficient (Wildman–Crippen LogP) is 3.92. The highest BCUT2D eigenvalue weighted by Crippen LogP contribution is 2.23. The summed E-state index contributed by atoms with van der Waals surface area (Å²) in [6.07, 6.45) is 0. The van der Waals surface area contributed by atoms with Gasteiger partial charge in [0, 0.05) is 17.7 Å². The topological polar surface area (TPSA) is 31.4 Å². The molecule has 0 saturated carbocycles. The predicted molar refractivity (Wildman–Crippen MR) is 85.8 cm³/mol. The molecule has 0 aliphatic rings. The summed E-state index contributed by atoms with van der Waals surface area (Å²) < 4.78 is 10.9. The first kappa shape index (κ1) is 15.4. The molecule has 0 N–H and O–H groups in total. The maximum Gasteiger partial charge on any atom is 0.140 e. The van der Waals surface area contributed by atoms with Gasteiger partial charge in [0.25, 0.3) is 0 Å². The Labute approximate surface area is 129 Å². The number of aryl methyl sites for hydroxylation is 2. The molecule has 1 aromatic carbocycles. The molecule has 2 aromatic rings. The van der Waals surface area contributed by atoms with Gasteiger partial charge in [-0.3, -0.25) is 0 Å². The molecule has 1 heterocycles. The third-order valence-corrected chi connectivity index (χ3v) is 4.69. The molecule has 0 atom stereocenters. The lowest BCUT2D eigenvalue weighted by Crippen LogP contribution is -1.97. The molecule has 0 saturated heterocycles. The Balaban J connectivity index is 2.04. The SMILES string of the molecule is COCc1nc(COc2ccc(C)c(C)c2)sc1CS. The first-order chi connectivity index (χ1) is 9.63. The second-order valence-electron chi connectivity index (χ2n) is 4.60. The molecule has 0 spiro atoms. The molecule has 0 radical (unpaired) electrons. The fraction of sp³-hybridized carbons (Fsp3) is 0.400. The van der Waals surface area contributed by atoms with Gasteiger partial charge < -0.3 is 9.47 Å². The number of aromatic nitrogens is 1. The summed E-state index contributed by atoms with van der Waals surface area (Å²) in [6, 6.07) is 6.12. The minimum Gasteiger partial charge on any atom is -0.486 e. The summed E-state index contributed by atoms with van der Waals surface area (Å²) in [6.45, 7) is 5.19. The smallest absolute Gasteiger partial charge is 0.140 e. The van der Waals surface area contributed by atoms with Crippen molar-refractivity contribution < 1.29 is 9.47 Å². The third-order valence-electron chi connectivity index (χ3n) is 3.09. The van der Waals surface area contributed by atoms with E-state index in [-0.39, 0.29) is 0 Å². The van der Waals surface area contributed by atoms with Crippen LogP contribution in [0, 0.1) is 13.8 Å². The van der Waals surface area contributed by atoms with E-state index >= 15 is 0 Å². The monoisotopic (exact) mass is 309 g/mol. The number of benzene rings is 1. The van der Waals surface area contributed by atoms with E-state index in [1.54, 1.807) is 18.4 Å². The van der Waals surface area contributed by atoms with Gasteiger partial charge in [0.05, 0.1) is 12.3 Å². The van der Waals surface area contributed by atoms with Gasteiger partial charge in [0.2, 0.25) is 0 Å². The van der Waals surface area contributed by atoms with E-state index in [0.29, 0.717) is 19.0 Å². The number of ether oxygens (including phenoxy) is 2. The van der Waals surface area contributed by atoms with Gasteiger partial charge in [-0.25, -0.2) is 4.98 Å². The summed E-state index contributed by atoms with van der Waals surface area (Å²) in [4.78, 5) is 5.69. The van der Waals surface area contributed by atoms with Gasteiger partial charge in [-0.05, 0) is 37.1 Å². The number of hydrogen-bond donors (Lipinski definition) is 1. The molecular weight excluding hydrogens is 290 g/mol. The second-order valence-corrected chi connectivity index (χ2v) is 6.09. The second kappa shape index (κ2) is 7.11. The van der Waals surface area contributed by atoms with Crippen molar-refractivity contribution in [2.24, 2.45) is 0 Å². The fourth-order valence-corrected chi connectivity index (χ4v) is 3.04. The van der Waals surface area contributed by atoms with E-state index in [1.807, 2.05) is 6.07 Å². The zero-order valence-corrected chi connectivity index (χ0v) is 13.7. The van der Waals surface area contributed by atoms with Crippen LogP contribution in [0.4, 0.5) is 0 Å². The molecule has 108 valence electrons. The van der Waals surface area contributed by atoms with Crippen molar-refractivity contribution in [2.45, 2.75) is 32.8 Å². The lowest BCUT2D eigenvalue weighted by molar-refractivity contribution is 0.181. The fourth-order valence-electron chi connectivity index (χ4n) is 1.82. The lowest BCUT2D eigenvalue weighted by atomic mass is 10.1. The van der Waals surface area contributed by atoms with Gasteiger partial charge in [-0.2, -0.15) is 12.6 Å². The van der Waals surface area contributed by atoms with Crippen LogP contribution in [-0.4, -0.2) is 12.1 Å². The van der Waals surface area contributed by atoms with Crippen LogP contribution in [0.3, 0.4) is 0 Å². The van der Waals surface area contributed by atoms with Crippen LogP contribution in [0.5, 0.6) is 5.75 Å². The average molecular weight is 309 g/mol. The summed E-state index contributed by atoms with van der Waals surface area (Å²) in [7, 11) is 1.67. The van der Waals surface area contributed by atoms with Crippen LogP contribution in [0.15, 0.2) is 18.2 Å². The molecule has 0 unspecified atom stereocenters. The molecule has 0 fully saturated rings. The van der Waals surface area contributed by atoms with Crippen LogP contribution in [0.2, 0.25) is 0 Å². The van der Waals surface area contributed by atoms with Gasteiger partial charge >= 0.3 is 0 Å². The Morgan fingerprint density at radius 3 is 2.65 bits per heavy atom. The molecule has 0 aliphatic heterocycles. The Bertz CT molecular complexity index is 581. The van der Waals surface area contributed by atoms with Gasteiger partial charge in [-0.15, -0.1) is 11.3 Å². The zero-order chi connectivity index (χ0) is 14.5. The van der Waals surface area contributed by atoms with Crippen molar-refractivity contribution >= 4 is 24.0 Å². The lowest BCUT2D eigenvalue weighted by Gasteiger charge is -2.06. The van der Waals surface area contributed by atoms with Crippen molar-refractivity contribution in [2.75, 3.05) is 7.11 Å². The molecular formula is C15H19NO2S2. The Kier molecular flexibility index (Phi) is 5.46. The van der Waals surface area contributed by atoms with Crippen molar-refractivity contribution in [1.82, 2.24) is 4.98 Å². The summed E-state index contributed by atoms with van der Waals surface area (Å²) in [5, 5.41) is 0.958. The molecule has 2 rings (SSSR count). The van der Waals surface area contributed by atoms with Crippen LogP contribution in [-0.2, 0) is 23.7 Å². The highest BCUT2D eigenvalue weighted by Gasteiger charge is 2.10. The number of nitrogens with zero attached hydrogens (tertiary/aromatic N) is 1. The van der Waals surface area contributed by atoms with Gasteiger partial charge in [0.1, 0.15) is 17.4 Å². The highest BCUT2D eigenvalue weighted by atomic mass is 32.1. The van der Waals surface area contributed by atoms with Crippen molar-refractivity contribution in [1.29, 1.82) is 0 Å².